The third kappa shape index (κ3) is 36.0. The number of rotatable bonds is 49. The Bertz CT molecular complexity index is 3550. The van der Waals surface area contributed by atoms with Gasteiger partial charge in [-0.25, -0.2) is 28.7 Å². The quantitative estimate of drug-likeness (QED) is 0.0332. The third-order valence-electron chi connectivity index (χ3n) is 17.1. The summed E-state index contributed by atoms with van der Waals surface area (Å²) in [6.07, 6.45) is -3.36. The number of carbonyl (C=O) groups excluding carboxylic acids is 7. The predicted octanol–water partition coefficient (Wildman–Crippen LogP) is 1.81. The molecule has 0 radical (unpaired) electrons. The van der Waals surface area contributed by atoms with Gasteiger partial charge in [-0.2, -0.15) is 3.89 Å². The molecule has 109 heavy (non-hydrogen) atoms. The van der Waals surface area contributed by atoms with Crippen molar-refractivity contribution in [1.29, 1.82) is 0 Å². The Balaban J connectivity index is 1.62. The molecular formula is C65H106FN14O25P3S. The SMILES string of the molecule is CC(C)(C)S(F)(c1ccc(C(=O)NC[C@@H](C(=O)N[C@@H](CCCCNC(=O)CCC(=O)NCCC[C@@H](NC(=O)CC[C@H](NC(=O)N[C@@H](CCC(=O)O)C(=O)O)C(=O)O)C(=O)O)C(=O)O)n2cc(CNC(=O)CCP(=O)(O)CN3CCN(CPCCC(=O)O)CCN(CP(=O)(O)CCC(=O)O)CC3)nn2)cc1)C(C)(C)C. The number of aliphatic carboxylic acids is 7. The second-order valence-electron chi connectivity index (χ2n) is 28.0. The number of carboxylic acids is 7. The van der Waals surface area contributed by atoms with Crippen molar-refractivity contribution in [2.24, 2.45) is 0 Å². The van der Waals surface area contributed by atoms with E-state index in [0.29, 0.717) is 37.0 Å². The zero-order valence-electron chi connectivity index (χ0n) is 61.9. The number of aromatic nitrogens is 3. The predicted molar refractivity (Wildman–Crippen MR) is 395 cm³/mol. The number of hydrogen-bond acceptors (Lipinski definition) is 21. The fraction of sp³-hybridized carbons (Fsp3) is 0.662. The van der Waals surface area contributed by atoms with Gasteiger partial charge in [0.15, 0.2) is 0 Å². The largest absolute Gasteiger partial charge is 0.481 e. The topological polar surface area (TPSA) is 592 Å². The summed E-state index contributed by atoms with van der Waals surface area (Å²) in [5, 5.41) is 92.8. The molecule has 614 valence electrons. The van der Waals surface area contributed by atoms with Gasteiger partial charge in [0.25, 0.3) is 5.91 Å². The summed E-state index contributed by atoms with van der Waals surface area (Å²) in [5.41, 5.74) is 0.159. The van der Waals surface area contributed by atoms with Gasteiger partial charge in [-0.15, -0.1) is 13.7 Å². The number of halogens is 1. The van der Waals surface area contributed by atoms with Crippen molar-refractivity contribution < 1.29 is 126 Å². The molecule has 39 nitrogen and oxygen atoms in total. The van der Waals surface area contributed by atoms with E-state index < -0.39 is 206 Å². The number of carboxylic acid groups (broad SMARTS) is 7. The summed E-state index contributed by atoms with van der Waals surface area (Å²) in [7, 11) is -10.8. The van der Waals surface area contributed by atoms with Crippen molar-refractivity contribution >= 4 is 117 Å². The van der Waals surface area contributed by atoms with Crippen molar-refractivity contribution in [1.82, 2.24) is 72.2 Å². The van der Waals surface area contributed by atoms with Crippen LogP contribution in [0.3, 0.4) is 0 Å². The molecule has 3 rings (SSSR count). The van der Waals surface area contributed by atoms with Crippen LogP contribution in [0, 0.1) is 0 Å². The zero-order valence-corrected chi connectivity index (χ0v) is 65.5. The molecule has 0 bridgehead atoms. The standard InChI is InChI=1S/C65H106FN14O25P3S/c1-64(2,3)109(66,65(4,5)6)44-14-12-42(13-15-44)57(91)70-37-49(80-38-43(75-76-80)36-69-52(83)23-34-107(102,103)40-78-29-27-77(39-106-33-22-55(87)88)28-30-79(32-31-78)41-108(104,105)35-24-56(89)90)58(92)72-46(60(95)96)10-7-8-25-67-50(81)19-20-51(82)68-26-9-11-45(59(93)94)71-53(84)18-16-47(61(97)98)73-63(101)74-48(62(99)100)17-21-54(85)86/h12-15,38,45-49,106H,7-11,16-37,39-41H2,1-6H3,(H,67,81)(H,68,82)(H,69,83)(H,70,91)(H,71,84)(H,72,92)(H,85,86)(H,87,88)(H,89,90)(H,93,94)(H,95,96)(H,97,98)(H,99,100)(H,102,103)(H,104,105)(H2,73,74,101)/t45-,46+,47+,48+,49+/m1/s1. The molecule has 1 aliphatic heterocycles. The summed E-state index contributed by atoms with van der Waals surface area (Å²) in [6, 6.07) is -3.28. The van der Waals surface area contributed by atoms with Crippen LogP contribution in [0.5, 0.6) is 0 Å². The fourth-order valence-corrected chi connectivity index (χ4v) is 19.5. The number of benzene rings is 1. The molecule has 2 aromatic rings. The molecule has 2 heterocycles. The first-order chi connectivity index (χ1) is 50.8. The highest BCUT2D eigenvalue weighted by Crippen LogP contribution is 2.74. The molecular weight excluding hydrogens is 1520 g/mol. The van der Waals surface area contributed by atoms with E-state index in [9.17, 15) is 106 Å². The number of carbonyl (C=O) groups is 14. The number of amides is 8. The van der Waals surface area contributed by atoms with E-state index in [-0.39, 0.29) is 123 Å². The Morgan fingerprint density at radius 1 is 0.523 bits per heavy atom. The average Bonchev–Trinajstić information content (AvgIpc) is 0.940. The van der Waals surface area contributed by atoms with E-state index in [1.165, 1.54) is 30.5 Å². The van der Waals surface area contributed by atoms with Crippen LogP contribution in [0.2, 0.25) is 0 Å². The monoisotopic (exact) mass is 1630 g/mol. The summed E-state index contributed by atoms with van der Waals surface area (Å²) in [5.74, 6) is -14.1. The minimum Gasteiger partial charge on any atom is -0.481 e. The van der Waals surface area contributed by atoms with Crippen LogP contribution in [-0.4, -0.2) is 288 Å². The summed E-state index contributed by atoms with van der Waals surface area (Å²) < 4.78 is 43.3. The molecule has 1 aromatic heterocycles. The zero-order chi connectivity index (χ0) is 82.0. The molecule has 8 amide bonds. The normalized spacial score (nSPS) is 16.1. The van der Waals surface area contributed by atoms with Gasteiger partial charge in [0.05, 0.1) is 31.7 Å². The highest BCUT2D eigenvalue weighted by molar-refractivity contribution is 8.31. The second-order valence-corrected chi connectivity index (χ2v) is 38.2. The summed E-state index contributed by atoms with van der Waals surface area (Å²) >= 11 is 0. The van der Waals surface area contributed by atoms with Crippen LogP contribution in [0.1, 0.15) is 154 Å². The smallest absolute Gasteiger partial charge is 0.326 e. The van der Waals surface area contributed by atoms with Crippen LogP contribution in [0.4, 0.5) is 8.68 Å². The van der Waals surface area contributed by atoms with Crippen LogP contribution in [-0.2, 0) is 73.2 Å². The first-order valence-corrected chi connectivity index (χ1v) is 42.2. The molecule has 1 saturated heterocycles. The molecule has 1 aliphatic rings. The van der Waals surface area contributed by atoms with E-state index in [0.717, 1.165) is 4.68 Å². The maximum absolute atomic E-state index is 17.1. The van der Waals surface area contributed by atoms with Gasteiger partial charge in [-0.1, -0.05) is 15.6 Å². The molecule has 1 aromatic carbocycles. The van der Waals surface area contributed by atoms with Gasteiger partial charge in [0, 0.05) is 136 Å². The van der Waals surface area contributed by atoms with Crippen LogP contribution >= 0.6 is 33.7 Å². The van der Waals surface area contributed by atoms with Crippen molar-refractivity contribution in [3.63, 3.8) is 0 Å². The van der Waals surface area contributed by atoms with E-state index in [2.05, 4.69) is 42.2 Å². The first-order valence-electron chi connectivity index (χ1n) is 35.2. The van der Waals surface area contributed by atoms with E-state index >= 15 is 3.89 Å². The van der Waals surface area contributed by atoms with E-state index in [1.807, 2.05) is 15.5 Å². The fourth-order valence-electron chi connectivity index (χ4n) is 11.3. The second kappa shape index (κ2) is 45.8. The van der Waals surface area contributed by atoms with Crippen molar-refractivity contribution in [3.05, 3.63) is 41.7 Å². The Morgan fingerprint density at radius 3 is 1.47 bits per heavy atom. The van der Waals surface area contributed by atoms with E-state index in [4.69, 9.17) is 15.3 Å². The van der Waals surface area contributed by atoms with Gasteiger partial charge in [-0.05, 0) is 117 Å². The lowest BCUT2D eigenvalue weighted by Crippen LogP contribution is -2.51. The first kappa shape index (κ1) is 94.9. The van der Waals surface area contributed by atoms with Gasteiger partial charge >= 0.3 is 47.8 Å². The van der Waals surface area contributed by atoms with Gasteiger partial charge in [0.1, 0.15) is 35.9 Å². The molecule has 8 atom stereocenters. The number of nitrogens with one attached hydrogen (secondary N) is 8. The summed E-state index contributed by atoms with van der Waals surface area (Å²) in [6.45, 7) is 11.7. The Labute approximate surface area is 632 Å². The molecule has 0 aliphatic carbocycles. The molecule has 0 saturated carbocycles. The van der Waals surface area contributed by atoms with Gasteiger partial charge < -0.3 is 88.1 Å². The maximum atomic E-state index is 17.1. The Kier molecular flexibility index (Phi) is 39.8. The highest BCUT2D eigenvalue weighted by Gasteiger charge is 2.48. The van der Waals surface area contributed by atoms with Gasteiger partial charge in [-0.3, -0.25) is 67.0 Å². The third-order valence-corrected chi connectivity index (χ3v) is 26.2. The molecule has 17 N–H and O–H groups in total. The van der Waals surface area contributed by atoms with E-state index in [1.54, 1.807) is 51.3 Å². The number of urea groups is 1. The highest BCUT2D eigenvalue weighted by atomic mass is 32.3. The van der Waals surface area contributed by atoms with Crippen LogP contribution in [0.25, 0.3) is 0 Å². The number of nitrogens with zero attached hydrogens (tertiary/aromatic N) is 6. The molecule has 0 spiro atoms. The van der Waals surface area contributed by atoms with Crippen molar-refractivity contribution in [3.8, 4) is 0 Å². The van der Waals surface area contributed by atoms with Gasteiger partial charge in [0.2, 0.25) is 44.3 Å². The molecule has 3 unspecified atom stereocenters. The lowest BCUT2D eigenvalue weighted by atomic mass is 10.1. The lowest BCUT2D eigenvalue weighted by Gasteiger charge is -2.52. The van der Waals surface area contributed by atoms with Crippen molar-refractivity contribution in [2.45, 2.75) is 183 Å². The number of unbranched alkanes of at least 4 members (excludes halogenated alkanes) is 1. The molecule has 44 heteroatoms. The lowest BCUT2D eigenvalue weighted by molar-refractivity contribution is -0.143. The summed E-state index contributed by atoms with van der Waals surface area (Å²) in [4.78, 5) is 200. The van der Waals surface area contributed by atoms with Crippen molar-refractivity contribution in [2.75, 3.05) is 96.2 Å². The average molecular weight is 1630 g/mol. The Hall–Kier alpha value is -8.29. The number of hydrogen-bond donors (Lipinski definition) is 17. The molecule has 1 fully saturated rings. The van der Waals surface area contributed by atoms with Crippen LogP contribution < -0.4 is 42.5 Å². The van der Waals surface area contributed by atoms with Crippen LogP contribution in [0.15, 0.2) is 35.4 Å². The minimum atomic E-state index is -4.09. The Morgan fingerprint density at radius 2 is 0.972 bits per heavy atom. The minimum absolute atomic E-state index is 0.0103. The maximum Gasteiger partial charge on any atom is 0.326 e.